The van der Waals surface area contributed by atoms with E-state index in [1.807, 2.05) is 36.0 Å². The Balaban J connectivity index is 1.16. The van der Waals surface area contributed by atoms with Gasteiger partial charge in [-0.25, -0.2) is 4.99 Å². The molecule has 220 valence electrons. The van der Waals surface area contributed by atoms with Crippen LogP contribution in [0.3, 0.4) is 0 Å². The first-order valence-electron chi connectivity index (χ1n) is 14.7. The molecule has 0 radical (unpaired) electrons. The summed E-state index contributed by atoms with van der Waals surface area (Å²) in [6.45, 7) is 11.0. The Labute approximate surface area is 244 Å². The number of amides is 2. The first kappa shape index (κ1) is 29.0. The van der Waals surface area contributed by atoms with Gasteiger partial charge in [-0.1, -0.05) is 12.2 Å². The molecule has 2 amide bonds. The molecule has 1 aromatic carbocycles. The normalized spacial score (nSPS) is 23.0. The average molecular weight is 561 g/mol. The number of carbonyl (C=O) groups is 2. The smallest absolute Gasteiger partial charge is 0.251 e. The molecular formula is C31H44N8O2. The fraction of sp³-hybridized carbons (Fsp3) is 0.548. The second-order valence-corrected chi connectivity index (χ2v) is 12.5. The van der Waals surface area contributed by atoms with Gasteiger partial charge in [-0.3, -0.25) is 19.4 Å². The molecular weight excluding hydrogens is 516 g/mol. The Hall–Kier alpha value is -3.50. The lowest BCUT2D eigenvalue weighted by atomic mass is 9.94. The maximum absolute atomic E-state index is 12.8. The van der Waals surface area contributed by atoms with Crippen molar-refractivity contribution in [1.29, 1.82) is 0 Å². The minimum atomic E-state index is -0.0421. The SMILES string of the molecule is CN(C)C/C=C/C(=O)N1CC(CCN2C(=O)C=CC3CN=C(Nc4ccc(N5CCN(C)C(C)(C)C5)cc4)N=C32)C1. The van der Waals surface area contributed by atoms with E-state index in [0.717, 1.165) is 57.2 Å². The Morgan fingerprint density at radius 2 is 1.93 bits per heavy atom. The topological polar surface area (TPSA) is 87.1 Å². The number of fused-ring (bicyclic) bond motifs is 1. The summed E-state index contributed by atoms with van der Waals surface area (Å²) in [7, 11) is 6.14. The predicted octanol–water partition coefficient (Wildman–Crippen LogP) is 2.38. The van der Waals surface area contributed by atoms with Gasteiger partial charge in [-0.05, 0) is 71.6 Å². The largest absolute Gasteiger partial charge is 0.368 e. The van der Waals surface area contributed by atoms with Crippen LogP contribution in [0.5, 0.6) is 0 Å². The molecule has 1 N–H and O–H groups in total. The lowest BCUT2D eigenvalue weighted by Crippen LogP contribution is -2.57. The van der Waals surface area contributed by atoms with Gasteiger partial charge in [0, 0.05) is 74.9 Å². The van der Waals surface area contributed by atoms with Crippen molar-refractivity contribution in [1.82, 2.24) is 19.6 Å². The van der Waals surface area contributed by atoms with Crippen LogP contribution in [0.1, 0.15) is 20.3 Å². The molecule has 2 fully saturated rings. The fourth-order valence-electron chi connectivity index (χ4n) is 5.65. The van der Waals surface area contributed by atoms with Crippen molar-refractivity contribution in [2.24, 2.45) is 21.8 Å². The van der Waals surface area contributed by atoms with Crippen molar-refractivity contribution in [2.45, 2.75) is 25.8 Å². The lowest BCUT2D eigenvalue weighted by Gasteiger charge is -2.46. The number of likely N-dealkylation sites (N-methyl/N-ethyl adjacent to an activating group) is 2. The molecule has 2 saturated heterocycles. The van der Waals surface area contributed by atoms with Crippen LogP contribution < -0.4 is 10.2 Å². The minimum Gasteiger partial charge on any atom is -0.368 e. The molecule has 4 aliphatic rings. The van der Waals surface area contributed by atoms with E-state index in [4.69, 9.17) is 4.99 Å². The molecule has 10 heteroatoms. The summed E-state index contributed by atoms with van der Waals surface area (Å²) in [5, 5.41) is 3.35. The van der Waals surface area contributed by atoms with Crippen molar-refractivity contribution < 1.29 is 9.59 Å². The third kappa shape index (κ3) is 6.87. The van der Waals surface area contributed by atoms with Crippen LogP contribution in [0.2, 0.25) is 0 Å². The van der Waals surface area contributed by atoms with Gasteiger partial charge in [0.2, 0.25) is 11.9 Å². The molecule has 41 heavy (non-hydrogen) atoms. The zero-order valence-electron chi connectivity index (χ0n) is 25.1. The molecule has 0 spiro atoms. The van der Waals surface area contributed by atoms with Crippen molar-refractivity contribution in [2.75, 3.05) is 83.7 Å². The second kappa shape index (κ2) is 12.2. The molecule has 0 saturated carbocycles. The molecule has 4 heterocycles. The molecule has 5 rings (SSSR count). The second-order valence-electron chi connectivity index (χ2n) is 12.5. The maximum atomic E-state index is 12.8. The highest BCUT2D eigenvalue weighted by molar-refractivity contribution is 6.13. The van der Waals surface area contributed by atoms with Crippen LogP contribution in [0.15, 0.2) is 58.6 Å². The molecule has 4 aliphatic heterocycles. The summed E-state index contributed by atoms with van der Waals surface area (Å²) in [4.78, 5) is 45.1. The molecule has 0 aliphatic carbocycles. The van der Waals surface area contributed by atoms with Crippen molar-refractivity contribution in [3.05, 3.63) is 48.6 Å². The predicted molar refractivity (Wildman–Crippen MR) is 165 cm³/mol. The summed E-state index contributed by atoms with van der Waals surface area (Å²) in [5.74, 6) is 1.69. The highest BCUT2D eigenvalue weighted by Gasteiger charge is 2.34. The number of nitrogens with zero attached hydrogens (tertiary/aromatic N) is 7. The number of hydrogen-bond acceptors (Lipinski definition) is 8. The summed E-state index contributed by atoms with van der Waals surface area (Å²) in [6.07, 6.45) is 7.94. The van der Waals surface area contributed by atoms with Crippen molar-refractivity contribution in [3.63, 3.8) is 0 Å². The van der Waals surface area contributed by atoms with E-state index in [9.17, 15) is 9.59 Å². The van der Waals surface area contributed by atoms with E-state index in [1.54, 1.807) is 17.1 Å². The summed E-state index contributed by atoms with van der Waals surface area (Å²) in [5.41, 5.74) is 2.27. The van der Waals surface area contributed by atoms with Gasteiger partial charge in [0.15, 0.2) is 0 Å². The van der Waals surface area contributed by atoms with E-state index in [1.165, 1.54) is 5.69 Å². The molecule has 0 aromatic heterocycles. The van der Waals surface area contributed by atoms with Crippen LogP contribution in [0, 0.1) is 11.8 Å². The number of hydrogen-bond donors (Lipinski definition) is 1. The maximum Gasteiger partial charge on any atom is 0.251 e. The van der Waals surface area contributed by atoms with Gasteiger partial charge >= 0.3 is 0 Å². The third-order valence-corrected chi connectivity index (χ3v) is 8.57. The molecule has 0 bridgehead atoms. The number of rotatable bonds is 8. The van der Waals surface area contributed by atoms with Crippen LogP contribution in [0.25, 0.3) is 0 Å². The number of carbonyl (C=O) groups excluding carboxylic acids is 2. The number of piperazine rings is 1. The van der Waals surface area contributed by atoms with Crippen molar-refractivity contribution >= 4 is 35.0 Å². The molecule has 1 atom stereocenters. The highest BCUT2D eigenvalue weighted by atomic mass is 16.2. The summed E-state index contributed by atoms with van der Waals surface area (Å²) in [6, 6.07) is 8.43. The Kier molecular flexibility index (Phi) is 8.60. The van der Waals surface area contributed by atoms with Gasteiger partial charge in [0.1, 0.15) is 5.84 Å². The Bertz CT molecular complexity index is 1240. The minimum absolute atomic E-state index is 0.00233. The third-order valence-electron chi connectivity index (χ3n) is 8.57. The van der Waals surface area contributed by atoms with Gasteiger partial charge in [-0.2, -0.15) is 4.99 Å². The van der Waals surface area contributed by atoms with Crippen LogP contribution in [-0.4, -0.2) is 122 Å². The molecule has 10 nitrogen and oxygen atoms in total. The first-order chi connectivity index (χ1) is 19.6. The number of guanidine groups is 1. The van der Waals surface area contributed by atoms with E-state index >= 15 is 0 Å². The number of amidine groups is 1. The number of anilines is 2. The van der Waals surface area contributed by atoms with Crippen molar-refractivity contribution in [3.8, 4) is 0 Å². The van der Waals surface area contributed by atoms with Crippen LogP contribution >= 0.6 is 0 Å². The lowest BCUT2D eigenvalue weighted by molar-refractivity contribution is -0.132. The standard InChI is InChI=1S/C31H44N8O2/c1-31(2)22-37(18-17-36(31)5)26-11-9-25(10-12-26)33-30-32-19-24-8-13-28(41)39(29(24)34-30)16-14-23-20-38(21-23)27(40)7-6-15-35(3)4/h6-13,23-24H,14-22H2,1-5H3,(H,32,33)/b7-6+. The van der Waals surface area contributed by atoms with Gasteiger partial charge < -0.3 is 20.0 Å². The molecule has 1 unspecified atom stereocenters. The Morgan fingerprint density at radius 3 is 2.63 bits per heavy atom. The fourth-order valence-corrected chi connectivity index (χ4v) is 5.65. The first-order valence-corrected chi connectivity index (χ1v) is 14.7. The number of benzene rings is 1. The summed E-state index contributed by atoms with van der Waals surface area (Å²) >= 11 is 0. The Morgan fingerprint density at radius 1 is 1.17 bits per heavy atom. The van der Waals surface area contributed by atoms with E-state index in [-0.39, 0.29) is 23.3 Å². The van der Waals surface area contributed by atoms with Crippen LogP contribution in [-0.2, 0) is 9.59 Å². The number of likely N-dealkylation sites (tertiary alicyclic amines) is 1. The van der Waals surface area contributed by atoms with Gasteiger partial charge in [-0.15, -0.1) is 0 Å². The van der Waals surface area contributed by atoms with Gasteiger partial charge in [0.05, 0.1) is 12.5 Å². The van der Waals surface area contributed by atoms with E-state index in [2.05, 4.69) is 65.3 Å². The van der Waals surface area contributed by atoms with E-state index < -0.39 is 0 Å². The zero-order valence-corrected chi connectivity index (χ0v) is 25.1. The monoisotopic (exact) mass is 560 g/mol. The van der Waals surface area contributed by atoms with Crippen LogP contribution in [0.4, 0.5) is 11.4 Å². The zero-order chi connectivity index (χ0) is 29.1. The quantitative estimate of drug-likeness (QED) is 0.492. The number of aliphatic imine (C=N–C) groups is 2. The van der Waals surface area contributed by atoms with Gasteiger partial charge in [0.25, 0.3) is 5.91 Å². The average Bonchev–Trinajstić information content (AvgIpc) is 2.90. The molecule has 1 aromatic rings. The summed E-state index contributed by atoms with van der Waals surface area (Å²) < 4.78 is 0. The highest BCUT2D eigenvalue weighted by Crippen LogP contribution is 2.27. The number of nitrogens with one attached hydrogen (secondary N) is 1. The van der Waals surface area contributed by atoms with E-state index in [0.29, 0.717) is 25.0 Å².